The first-order valence-electron chi connectivity index (χ1n) is 10.8. The van der Waals surface area contributed by atoms with Gasteiger partial charge in [-0.2, -0.15) is 0 Å². The second-order valence-corrected chi connectivity index (χ2v) is 7.92. The van der Waals surface area contributed by atoms with E-state index in [0.29, 0.717) is 29.8 Å². The van der Waals surface area contributed by atoms with E-state index in [2.05, 4.69) is 5.32 Å². The molecule has 0 spiro atoms. The third kappa shape index (κ3) is 6.27. The number of methoxy groups -OCH3 is 1. The molecule has 0 unspecified atom stereocenters. The molecule has 9 heteroatoms. The van der Waals surface area contributed by atoms with Crippen molar-refractivity contribution < 1.29 is 38.7 Å². The lowest BCUT2D eigenvalue weighted by molar-refractivity contribution is -0.278. The number of nitrogens with one attached hydrogen (secondary N) is 1. The minimum atomic E-state index is -1.39. The molecule has 33 heavy (non-hydrogen) atoms. The van der Waals surface area contributed by atoms with Crippen LogP contribution in [0, 0.1) is 5.82 Å². The number of hydrogen-bond acceptors (Lipinski definition) is 7. The van der Waals surface area contributed by atoms with Gasteiger partial charge in [-0.15, -0.1) is 0 Å². The number of ether oxygens (including phenoxy) is 3. The summed E-state index contributed by atoms with van der Waals surface area (Å²) < 4.78 is 30.8. The number of amides is 1. The minimum Gasteiger partial charge on any atom is -0.462 e. The van der Waals surface area contributed by atoms with Gasteiger partial charge in [0.1, 0.15) is 29.9 Å². The molecule has 1 amide bonds. The van der Waals surface area contributed by atoms with Crippen molar-refractivity contribution in [2.24, 2.45) is 0 Å². The summed E-state index contributed by atoms with van der Waals surface area (Å²) in [5.74, 6) is -0.193. The smallest absolute Gasteiger partial charge is 0.229 e. The summed E-state index contributed by atoms with van der Waals surface area (Å²) in [6, 6.07) is 11.3. The summed E-state index contributed by atoms with van der Waals surface area (Å²) in [5.41, 5.74) is 2.19. The van der Waals surface area contributed by atoms with E-state index in [-0.39, 0.29) is 18.9 Å². The van der Waals surface area contributed by atoms with Crippen LogP contribution in [-0.2, 0) is 20.7 Å². The van der Waals surface area contributed by atoms with Gasteiger partial charge in [0, 0.05) is 27.2 Å². The van der Waals surface area contributed by atoms with Gasteiger partial charge in [-0.1, -0.05) is 18.2 Å². The highest BCUT2D eigenvalue weighted by atomic mass is 19.1. The van der Waals surface area contributed by atoms with Crippen LogP contribution in [0.5, 0.6) is 5.75 Å². The van der Waals surface area contributed by atoms with Gasteiger partial charge in [-0.05, 0) is 53.8 Å². The Morgan fingerprint density at radius 2 is 1.97 bits per heavy atom. The predicted octanol–water partition coefficient (Wildman–Crippen LogP) is 1.39. The first-order chi connectivity index (χ1) is 15.8. The fourth-order valence-corrected chi connectivity index (χ4v) is 3.93. The van der Waals surface area contributed by atoms with Gasteiger partial charge in [-0.3, -0.25) is 4.79 Å². The van der Waals surface area contributed by atoms with Gasteiger partial charge in [-0.25, -0.2) is 4.39 Å². The minimum absolute atomic E-state index is 0.143. The highest BCUT2D eigenvalue weighted by Gasteiger charge is 2.45. The van der Waals surface area contributed by atoms with Crippen molar-refractivity contribution in [1.82, 2.24) is 5.32 Å². The van der Waals surface area contributed by atoms with Crippen molar-refractivity contribution in [2.75, 3.05) is 20.3 Å². The standard InChI is InChI=1S/C24H30FNO7/c1-14(28)26-10-8-15-6-7-18(13-19(15)16-4-3-5-17(25)12-16)32-24-22(30)21(29)23(31-2)20(33-24)9-11-27/h3-7,12-13,20-24,27,29-30H,8-11H2,1-2H3,(H,26,28)/t20-,21+,22-,23+,24+/m1/s1. The Morgan fingerprint density at radius 1 is 1.18 bits per heavy atom. The van der Waals surface area contributed by atoms with Crippen molar-refractivity contribution in [3.8, 4) is 16.9 Å². The van der Waals surface area contributed by atoms with Crippen LogP contribution in [0.15, 0.2) is 42.5 Å². The van der Waals surface area contributed by atoms with Crippen LogP contribution in [-0.4, -0.2) is 72.2 Å². The van der Waals surface area contributed by atoms with E-state index in [1.807, 2.05) is 0 Å². The summed E-state index contributed by atoms with van der Waals surface area (Å²) in [7, 11) is 1.39. The Hall–Kier alpha value is -2.56. The molecular formula is C24H30FNO7. The van der Waals surface area contributed by atoms with Crippen LogP contribution in [0.1, 0.15) is 18.9 Å². The van der Waals surface area contributed by atoms with Gasteiger partial charge in [0.15, 0.2) is 0 Å². The second-order valence-electron chi connectivity index (χ2n) is 7.92. The molecule has 180 valence electrons. The largest absolute Gasteiger partial charge is 0.462 e. The summed E-state index contributed by atoms with van der Waals surface area (Å²) in [6.45, 7) is 1.66. The molecule has 4 N–H and O–H groups in total. The number of carbonyl (C=O) groups excluding carboxylic acids is 1. The monoisotopic (exact) mass is 463 g/mol. The zero-order valence-corrected chi connectivity index (χ0v) is 18.6. The second kappa shape index (κ2) is 11.5. The summed E-state index contributed by atoms with van der Waals surface area (Å²) in [6.07, 6.45) is -4.64. The molecule has 1 fully saturated rings. The highest BCUT2D eigenvalue weighted by molar-refractivity contribution is 5.73. The van der Waals surface area contributed by atoms with Crippen molar-refractivity contribution in [1.29, 1.82) is 0 Å². The van der Waals surface area contributed by atoms with Crippen molar-refractivity contribution in [3.63, 3.8) is 0 Å². The Labute approximate surface area is 191 Å². The maximum Gasteiger partial charge on any atom is 0.229 e. The molecule has 2 aromatic carbocycles. The normalized spacial score (nSPS) is 25.0. The van der Waals surface area contributed by atoms with E-state index in [9.17, 15) is 24.5 Å². The van der Waals surface area contributed by atoms with E-state index in [0.717, 1.165) is 5.56 Å². The quantitative estimate of drug-likeness (QED) is 0.444. The van der Waals surface area contributed by atoms with Gasteiger partial charge in [0.05, 0.1) is 6.10 Å². The topological polar surface area (TPSA) is 117 Å². The van der Waals surface area contributed by atoms with Gasteiger partial charge in [0.25, 0.3) is 0 Å². The Balaban J connectivity index is 1.87. The molecule has 2 aromatic rings. The predicted molar refractivity (Wildman–Crippen MR) is 118 cm³/mol. The lowest BCUT2D eigenvalue weighted by atomic mass is 9.96. The van der Waals surface area contributed by atoms with E-state index >= 15 is 0 Å². The molecule has 8 nitrogen and oxygen atoms in total. The third-order valence-electron chi connectivity index (χ3n) is 5.56. The molecule has 5 atom stereocenters. The number of benzene rings is 2. The van der Waals surface area contributed by atoms with Crippen LogP contribution in [0.4, 0.5) is 4.39 Å². The average molecular weight is 464 g/mol. The molecule has 0 radical (unpaired) electrons. The van der Waals surface area contributed by atoms with Crippen LogP contribution < -0.4 is 10.1 Å². The van der Waals surface area contributed by atoms with E-state index in [1.165, 1.54) is 26.2 Å². The van der Waals surface area contributed by atoms with Crippen LogP contribution in [0.25, 0.3) is 11.1 Å². The Kier molecular flexibility index (Phi) is 8.76. The molecule has 1 aliphatic rings. The van der Waals surface area contributed by atoms with Crippen molar-refractivity contribution >= 4 is 5.91 Å². The molecule has 3 rings (SSSR count). The Bertz CT molecular complexity index is 941. The molecule has 0 bridgehead atoms. The van der Waals surface area contributed by atoms with Crippen LogP contribution in [0.2, 0.25) is 0 Å². The van der Waals surface area contributed by atoms with Crippen LogP contribution in [0.3, 0.4) is 0 Å². The van der Waals surface area contributed by atoms with Crippen molar-refractivity contribution in [2.45, 2.75) is 50.5 Å². The van der Waals surface area contributed by atoms with Gasteiger partial charge >= 0.3 is 0 Å². The number of rotatable bonds is 9. The maximum atomic E-state index is 13.9. The summed E-state index contributed by atoms with van der Waals surface area (Å²) in [4.78, 5) is 11.2. The summed E-state index contributed by atoms with van der Waals surface area (Å²) in [5, 5.41) is 33.0. The SMILES string of the molecule is CO[C@@H]1[C@@H](O)[C@@H](O)[C@@H](Oc2ccc(CCNC(C)=O)c(-c3cccc(F)c3)c2)O[C@@H]1CCO. The van der Waals surface area contributed by atoms with Crippen molar-refractivity contribution in [3.05, 3.63) is 53.8 Å². The van der Waals surface area contributed by atoms with Gasteiger partial charge < -0.3 is 34.8 Å². The first-order valence-corrected chi connectivity index (χ1v) is 10.8. The van der Waals surface area contributed by atoms with E-state index < -0.39 is 36.5 Å². The lowest BCUT2D eigenvalue weighted by Crippen LogP contribution is -2.59. The lowest BCUT2D eigenvalue weighted by Gasteiger charge is -2.41. The third-order valence-corrected chi connectivity index (χ3v) is 5.56. The zero-order valence-electron chi connectivity index (χ0n) is 18.6. The zero-order chi connectivity index (χ0) is 24.0. The van der Waals surface area contributed by atoms with Gasteiger partial charge in [0.2, 0.25) is 12.2 Å². The fourth-order valence-electron chi connectivity index (χ4n) is 3.93. The van der Waals surface area contributed by atoms with E-state index in [4.69, 9.17) is 14.2 Å². The number of aliphatic hydroxyl groups excluding tert-OH is 3. The molecular weight excluding hydrogens is 433 g/mol. The maximum absolute atomic E-state index is 13.9. The molecule has 1 saturated heterocycles. The number of hydrogen-bond donors (Lipinski definition) is 4. The molecule has 0 aliphatic carbocycles. The molecule has 0 saturated carbocycles. The number of carbonyl (C=O) groups is 1. The van der Waals surface area contributed by atoms with E-state index in [1.54, 1.807) is 30.3 Å². The molecule has 1 aliphatic heterocycles. The first kappa shape index (κ1) is 25.1. The highest BCUT2D eigenvalue weighted by Crippen LogP contribution is 2.32. The average Bonchev–Trinajstić information content (AvgIpc) is 2.78. The number of halogens is 1. The van der Waals surface area contributed by atoms with Crippen LogP contribution >= 0.6 is 0 Å². The fraction of sp³-hybridized carbons (Fsp3) is 0.458. The Morgan fingerprint density at radius 3 is 2.64 bits per heavy atom. The molecule has 1 heterocycles. The number of aliphatic hydroxyl groups is 3. The molecule has 0 aromatic heterocycles. The summed E-state index contributed by atoms with van der Waals surface area (Å²) >= 11 is 0.